The van der Waals surface area contributed by atoms with E-state index in [0.717, 1.165) is 11.0 Å². The molecule has 0 unspecified atom stereocenters. The lowest BCUT2D eigenvalue weighted by molar-refractivity contribution is -0.662. The summed E-state index contributed by atoms with van der Waals surface area (Å²) in [7, 11) is 0. The first kappa shape index (κ1) is 11.4. The minimum atomic E-state index is 0.890. The molecule has 0 saturated carbocycles. The molecule has 0 aliphatic carbocycles. The molecule has 0 bridgehead atoms. The van der Waals surface area contributed by atoms with Crippen molar-refractivity contribution in [2.24, 2.45) is 0 Å². The van der Waals surface area contributed by atoms with E-state index in [1.54, 1.807) is 0 Å². The molecule has 1 aromatic heterocycles. The Morgan fingerprint density at radius 1 is 0.833 bits per heavy atom. The standard InChI is InChI=1S/C16H13BrN/c17-15-10-4-8-14-9-5-11-18(16(14)15)12-13-6-2-1-3-7-13/h1-11H,12H2/q+1. The predicted octanol–water partition coefficient (Wildman–Crippen LogP) is 3.94. The number of hydrogen-bond acceptors (Lipinski definition) is 0. The van der Waals surface area contributed by atoms with Gasteiger partial charge in [-0.25, -0.2) is 0 Å². The lowest BCUT2D eigenvalue weighted by atomic mass is 10.2. The second-order valence-corrected chi connectivity index (χ2v) is 5.15. The van der Waals surface area contributed by atoms with Gasteiger partial charge in [0.25, 0.3) is 0 Å². The normalized spacial score (nSPS) is 10.7. The molecule has 3 rings (SSSR count). The van der Waals surface area contributed by atoms with Crippen LogP contribution >= 0.6 is 15.9 Å². The average molecular weight is 299 g/mol. The number of benzene rings is 2. The third kappa shape index (κ3) is 2.16. The lowest BCUT2D eigenvalue weighted by Crippen LogP contribution is -2.34. The molecule has 0 amide bonds. The summed E-state index contributed by atoms with van der Waals surface area (Å²) < 4.78 is 3.41. The minimum Gasteiger partial charge on any atom is -0.193 e. The van der Waals surface area contributed by atoms with Crippen molar-refractivity contribution in [1.29, 1.82) is 0 Å². The van der Waals surface area contributed by atoms with Crippen LogP contribution in [-0.4, -0.2) is 0 Å². The summed E-state index contributed by atoms with van der Waals surface area (Å²) in [6.07, 6.45) is 2.13. The molecule has 0 saturated heterocycles. The Morgan fingerprint density at radius 3 is 2.44 bits per heavy atom. The van der Waals surface area contributed by atoms with Crippen LogP contribution < -0.4 is 4.57 Å². The molecule has 0 N–H and O–H groups in total. The molecule has 1 heterocycles. The maximum absolute atomic E-state index is 3.64. The third-order valence-electron chi connectivity index (χ3n) is 3.04. The van der Waals surface area contributed by atoms with E-state index >= 15 is 0 Å². The summed E-state index contributed by atoms with van der Waals surface area (Å²) in [5.74, 6) is 0. The van der Waals surface area contributed by atoms with Gasteiger partial charge < -0.3 is 0 Å². The first-order valence-corrected chi connectivity index (χ1v) is 6.74. The van der Waals surface area contributed by atoms with Crippen molar-refractivity contribution in [3.63, 3.8) is 0 Å². The van der Waals surface area contributed by atoms with Crippen molar-refractivity contribution in [2.75, 3.05) is 0 Å². The minimum absolute atomic E-state index is 0.890. The summed E-state index contributed by atoms with van der Waals surface area (Å²) >= 11 is 3.64. The Hall–Kier alpha value is -1.67. The number of nitrogens with zero attached hydrogens (tertiary/aromatic N) is 1. The summed E-state index contributed by atoms with van der Waals surface area (Å²) in [6, 6.07) is 21.1. The highest BCUT2D eigenvalue weighted by Gasteiger charge is 2.11. The highest BCUT2D eigenvalue weighted by Crippen LogP contribution is 2.20. The molecular weight excluding hydrogens is 286 g/mol. The molecule has 2 heteroatoms. The van der Waals surface area contributed by atoms with Crippen LogP contribution in [0.2, 0.25) is 0 Å². The first-order valence-electron chi connectivity index (χ1n) is 5.95. The second-order valence-electron chi connectivity index (χ2n) is 4.30. The van der Waals surface area contributed by atoms with E-state index in [0.29, 0.717) is 0 Å². The quantitative estimate of drug-likeness (QED) is 0.631. The lowest BCUT2D eigenvalue weighted by Gasteiger charge is -2.03. The van der Waals surface area contributed by atoms with E-state index in [1.165, 1.54) is 16.5 Å². The Kier molecular flexibility index (Phi) is 3.11. The van der Waals surface area contributed by atoms with Crippen molar-refractivity contribution in [3.8, 4) is 0 Å². The maximum Gasteiger partial charge on any atom is 0.227 e. The topological polar surface area (TPSA) is 3.88 Å². The molecule has 18 heavy (non-hydrogen) atoms. The number of para-hydroxylation sites is 1. The van der Waals surface area contributed by atoms with Crippen molar-refractivity contribution >= 4 is 26.8 Å². The SMILES string of the molecule is Brc1cccc2ccc[n+](Cc3ccccc3)c12. The van der Waals surface area contributed by atoms with Gasteiger partial charge >= 0.3 is 0 Å². The van der Waals surface area contributed by atoms with E-state index in [4.69, 9.17) is 0 Å². The fraction of sp³-hybridized carbons (Fsp3) is 0.0625. The number of pyridine rings is 1. The fourth-order valence-corrected chi connectivity index (χ4v) is 2.82. The van der Waals surface area contributed by atoms with E-state index in [9.17, 15) is 0 Å². The van der Waals surface area contributed by atoms with E-state index < -0.39 is 0 Å². The number of halogens is 1. The largest absolute Gasteiger partial charge is 0.227 e. The van der Waals surface area contributed by atoms with Crippen molar-refractivity contribution in [2.45, 2.75) is 6.54 Å². The number of hydrogen-bond donors (Lipinski definition) is 0. The van der Waals surface area contributed by atoms with E-state index in [-0.39, 0.29) is 0 Å². The fourth-order valence-electron chi connectivity index (χ4n) is 2.21. The van der Waals surface area contributed by atoms with Gasteiger partial charge in [0.05, 0.1) is 4.47 Å². The highest BCUT2D eigenvalue weighted by atomic mass is 79.9. The van der Waals surface area contributed by atoms with Crippen LogP contribution in [-0.2, 0) is 6.54 Å². The average Bonchev–Trinajstić information content (AvgIpc) is 2.40. The summed E-state index contributed by atoms with van der Waals surface area (Å²) in [6.45, 7) is 0.890. The maximum atomic E-state index is 3.64. The van der Waals surface area contributed by atoms with Crippen LogP contribution in [0.25, 0.3) is 10.9 Å². The van der Waals surface area contributed by atoms with Gasteiger partial charge in [-0.05, 0) is 34.1 Å². The van der Waals surface area contributed by atoms with Crippen LogP contribution in [0, 0.1) is 0 Å². The molecular formula is C16H13BrN+. The van der Waals surface area contributed by atoms with E-state index in [1.807, 2.05) is 6.07 Å². The molecule has 1 nitrogen and oxygen atoms in total. The molecule has 0 spiro atoms. The molecule has 0 atom stereocenters. The van der Waals surface area contributed by atoms with Gasteiger partial charge in [0, 0.05) is 17.0 Å². The molecule has 0 fully saturated rings. The van der Waals surface area contributed by atoms with Crippen LogP contribution in [0.3, 0.4) is 0 Å². The van der Waals surface area contributed by atoms with Crippen molar-refractivity contribution in [3.05, 3.63) is 76.9 Å². The zero-order valence-corrected chi connectivity index (χ0v) is 11.5. The van der Waals surface area contributed by atoms with Crippen LogP contribution in [0.5, 0.6) is 0 Å². The van der Waals surface area contributed by atoms with Gasteiger partial charge in [0.1, 0.15) is 0 Å². The van der Waals surface area contributed by atoms with Gasteiger partial charge in [0.2, 0.25) is 5.52 Å². The Labute approximate surface area is 115 Å². The molecule has 3 aromatic rings. The molecule has 2 aromatic carbocycles. The van der Waals surface area contributed by atoms with Crippen LogP contribution in [0.1, 0.15) is 5.56 Å². The first-order chi connectivity index (χ1) is 8.84. The summed E-state index contributed by atoms with van der Waals surface area (Å²) in [5, 5.41) is 1.25. The molecule has 0 radical (unpaired) electrons. The van der Waals surface area contributed by atoms with Crippen LogP contribution in [0.4, 0.5) is 0 Å². The number of aromatic nitrogens is 1. The summed E-state index contributed by atoms with van der Waals surface area (Å²) in [4.78, 5) is 0. The van der Waals surface area contributed by atoms with Crippen LogP contribution in [0.15, 0.2) is 71.3 Å². The van der Waals surface area contributed by atoms with Gasteiger partial charge in [-0.1, -0.05) is 36.4 Å². The Morgan fingerprint density at radius 2 is 1.61 bits per heavy atom. The molecule has 0 aliphatic heterocycles. The highest BCUT2D eigenvalue weighted by molar-refractivity contribution is 9.10. The number of rotatable bonds is 2. The summed E-state index contributed by atoms with van der Waals surface area (Å²) in [5.41, 5.74) is 2.55. The van der Waals surface area contributed by atoms with Gasteiger partial charge in [-0.3, -0.25) is 0 Å². The van der Waals surface area contributed by atoms with Gasteiger partial charge in [0.15, 0.2) is 12.7 Å². The Bertz CT molecular complexity index is 672. The monoisotopic (exact) mass is 298 g/mol. The van der Waals surface area contributed by atoms with Gasteiger partial charge in [-0.15, -0.1) is 0 Å². The molecule has 0 aliphatic rings. The number of fused-ring (bicyclic) bond motifs is 1. The molecule has 88 valence electrons. The van der Waals surface area contributed by atoms with E-state index in [2.05, 4.69) is 81.3 Å². The second kappa shape index (κ2) is 4.91. The zero-order chi connectivity index (χ0) is 12.4. The van der Waals surface area contributed by atoms with Crippen molar-refractivity contribution < 1.29 is 4.57 Å². The third-order valence-corrected chi connectivity index (χ3v) is 3.68. The smallest absolute Gasteiger partial charge is 0.193 e. The Balaban J connectivity index is 2.12. The van der Waals surface area contributed by atoms with Gasteiger partial charge in [-0.2, -0.15) is 4.57 Å². The van der Waals surface area contributed by atoms with Crippen molar-refractivity contribution in [1.82, 2.24) is 0 Å². The predicted molar refractivity (Wildman–Crippen MR) is 77.4 cm³/mol. The zero-order valence-electron chi connectivity index (χ0n) is 9.88.